The Bertz CT molecular complexity index is 1370. The highest BCUT2D eigenvalue weighted by molar-refractivity contribution is 6.33. The molecule has 0 aliphatic rings. The number of nitrogen functional groups attached to an aromatic ring is 1. The zero-order chi connectivity index (χ0) is 22.1. The van der Waals surface area contributed by atoms with Crippen molar-refractivity contribution < 1.29 is 0 Å². The van der Waals surface area contributed by atoms with Crippen LogP contribution in [0.25, 0.3) is 11.3 Å². The molecule has 0 aliphatic carbocycles. The molecule has 4 rings (SSSR count). The van der Waals surface area contributed by atoms with Crippen LogP contribution in [0.4, 0.5) is 11.8 Å². The Morgan fingerprint density at radius 2 is 2.10 bits per heavy atom. The van der Waals surface area contributed by atoms with Crippen molar-refractivity contribution in [2.75, 3.05) is 17.2 Å². The molecule has 10 nitrogen and oxygen atoms in total. The van der Waals surface area contributed by atoms with Gasteiger partial charge in [-0.3, -0.25) is 4.79 Å². The van der Waals surface area contributed by atoms with Gasteiger partial charge in [0.05, 0.1) is 17.3 Å². The van der Waals surface area contributed by atoms with Crippen molar-refractivity contribution in [1.29, 1.82) is 5.26 Å². The van der Waals surface area contributed by atoms with Crippen molar-refractivity contribution in [3.05, 3.63) is 69.1 Å². The summed E-state index contributed by atoms with van der Waals surface area (Å²) >= 11 is 6.22. The smallest absolute Gasteiger partial charge is 0.285 e. The molecule has 0 aliphatic heterocycles. The standard InChI is InChI=1S/C20H18ClN9O/c1-3-28(18-13(10-22)12(2)25-20(23)26-18)11-16-27-29-9-7-14(21)17(29)19(31)30(16)15-6-4-5-8-24-15/h4-9H,3,11H2,1-2H3,(H2,23,25,26). The van der Waals surface area contributed by atoms with Crippen molar-refractivity contribution in [3.8, 4) is 11.9 Å². The third-order valence-electron chi connectivity index (χ3n) is 4.80. The molecule has 0 unspecified atom stereocenters. The number of nitriles is 1. The fourth-order valence-corrected chi connectivity index (χ4v) is 3.57. The van der Waals surface area contributed by atoms with E-state index >= 15 is 0 Å². The average molecular weight is 436 g/mol. The van der Waals surface area contributed by atoms with Crippen LogP contribution < -0.4 is 16.2 Å². The van der Waals surface area contributed by atoms with Crippen LogP contribution in [-0.2, 0) is 6.54 Å². The highest BCUT2D eigenvalue weighted by atomic mass is 35.5. The van der Waals surface area contributed by atoms with Crippen LogP contribution in [0, 0.1) is 18.3 Å². The summed E-state index contributed by atoms with van der Waals surface area (Å²) < 4.78 is 2.85. The van der Waals surface area contributed by atoms with Crippen molar-refractivity contribution in [3.63, 3.8) is 0 Å². The topological polar surface area (TPSA) is 131 Å². The molecule has 0 saturated carbocycles. The number of aryl methyl sites for hydroxylation is 1. The monoisotopic (exact) mass is 435 g/mol. The van der Waals surface area contributed by atoms with Crippen molar-refractivity contribution in [1.82, 2.24) is 29.1 Å². The second-order valence-corrected chi connectivity index (χ2v) is 7.10. The maximum absolute atomic E-state index is 13.3. The van der Waals surface area contributed by atoms with Gasteiger partial charge in [0.1, 0.15) is 23.0 Å². The van der Waals surface area contributed by atoms with Crippen LogP contribution in [0.2, 0.25) is 5.02 Å². The van der Waals surface area contributed by atoms with E-state index in [1.165, 1.54) is 9.08 Å². The minimum atomic E-state index is -0.353. The molecular formula is C20H18ClN9O. The van der Waals surface area contributed by atoms with E-state index < -0.39 is 0 Å². The van der Waals surface area contributed by atoms with E-state index in [9.17, 15) is 10.1 Å². The van der Waals surface area contributed by atoms with Gasteiger partial charge in [-0.15, -0.1) is 0 Å². The average Bonchev–Trinajstić information content (AvgIpc) is 3.13. The van der Waals surface area contributed by atoms with Gasteiger partial charge in [-0.1, -0.05) is 17.7 Å². The highest BCUT2D eigenvalue weighted by Crippen LogP contribution is 2.23. The quantitative estimate of drug-likeness (QED) is 0.504. The molecule has 0 atom stereocenters. The number of anilines is 2. The molecule has 0 bridgehead atoms. The summed E-state index contributed by atoms with van der Waals surface area (Å²) in [6.07, 6.45) is 3.21. The lowest BCUT2D eigenvalue weighted by Crippen LogP contribution is -2.33. The van der Waals surface area contributed by atoms with Crippen LogP contribution in [0.1, 0.15) is 24.0 Å². The van der Waals surface area contributed by atoms with Crippen molar-refractivity contribution in [2.24, 2.45) is 0 Å². The summed E-state index contributed by atoms with van der Waals surface area (Å²) in [5, 5.41) is 14.5. The minimum absolute atomic E-state index is 0.0627. The number of fused-ring (bicyclic) bond motifs is 1. The number of aromatic nitrogens is 6. The third-order valence-corrected chi connectivity index (χ3v) is 5.10. The molecule has 4 aromatic heterocycles. The number of hydrogen-bond donors (Lipinski definition) is 1. The fraction of sp³-hybridized carbons (Fsp3) is 0.200. The maximum atomic E-state index is 13.3. The molecule has 0 radical (unpaired) electrons. The zero-order valence-corrected chi connectivity index (χ0v) is 17.6. The molecule has 0 saturated heterocycles. The van der Waals surface area contributed by atoms with Gasteiger partial charge in [0.2, 0.25) is 5.95 Å². The van der Waals surface area contributed by atoms with Crippen LogP contribution >= 0.6 is 11.6 Å². The lowest BCUT2D eigenvalue weighted by Gasteiger charge is -2.24. The van der Waals surface area contributed by atoms with Gasteiger partial charge in [0.25, 0.3) is 5.56 Å². The molecule has 2 N–H and O–H groups in total. The molecule has 156 valence electrons. The molecule has 4 heterocycles. The van der Waals surface area contributed by atoms with Crippen LogP contribution in [0.5, 0.6) is 0 Å². The molecule has 0 amide bonds. The summed E-state index contributed by atoms with van der Waals surface area (Å²) in [5.41, 5.74) is 6.52. The summed E-state index contributed by atoms with van der Waals surface area (Å²) in [7, 11) is 0. The molecular weight excluding hydrogens is 418 g/mol. The predicted molar refractivity (Wildman–Crippen MR) is 116 cm³/mol. The molecule has 11 heteroatoms. The summed E-state index contributed by atoms with van der Waals surface area (Å²) in [6.45, 7) is 4.25. The van der Waals surface area contributed by atoms with Gasteiger partial charge in [-0.25, -0.2) is 19.1 Å². The number of rotatable bonds is 5. The van der Waals surface area contributed by atoms with Gasteiger partial charge in [-0.2, -0.15) is 15.3 Å². The van der Waals surface area contributed by atoms with Gasteiger partial charge in [0, 0.05) is 18.9 Å². The van der Waals surface area contributed by atoms with E-state index in [0.29, 0.717) is 40.3 Å². The largest absolute Gasteiger partial charge is 0.368 e. The molecule has 4 aromatic rings. The van der Waals surface area contributed by atoms with E-state index in [1.54, 1.807) is 43.6 Å². The first kappa shape index (κ1) is 20.3. The van der Waals surface area contributed by atoms with E-state index in [4.69, 9.17) is 17.3 Å². The van der Waals surface area contributed by atoms with E-state index in [-0.39, 0.29) is 23.6 Å². The first-order chi connectivity index (χ1) is 14.9. The van der Waals surface area contributed by atoms with Crippen molar-refractivity contribution >= 4 is 28.9 Å². The van der Waals surface area contributed by atoms with E-state index in [0.717, 1.165) is 0 Å². The molecule has 0 aromatic carbocycles. The van der Waals surface area contributed by atoms with Gasteiger partial charge in [0.15, 0.2) is 11.6 Å². The van der Waals surface area contributed by atoms with Gasteiger partial charge >= 0.3 is 0 Å². The Morgan fingerprint density at radius 3 is 2.77 bits per heavy atom. The predicted octanol–water partition coefficient (Wildman–Crippen LogP) is 2.11. The first-order valence-corrected chi connectivity index (χ1v) is 9.81. The summed E-state index contributed by atoms with van der Waals surface area (Å²) in [5.74, 6) is 1.24. The molecule has 0 spiro atoms. The lowest BCUT2D eigenvalue weighted by atomic mass is 10.2. The van der Waals surface area contributed by atoms with Crippen LogP contribution in [0.3, 0.4) is 0 Å². The Morgan fingerprint density at radius 1 is 1.29 bits per heavy atom. The lowest BCUT2D eigenvalue weighted by molar-refractivity contribution is 0.676. The normalized spacial score (nSPS) is 10.9. The number of nitrogens with zero attached hydrogens (tertiary/aromatic N) is 8. The first-order valence-electron chi connectivity index (χ1n) is 9.44. The third kappa shape index (κ3) is 3.55. The second-order valence-electron chi connectivity index (χ2n) is 6.69. The van der Waals surface area contributed by atoms with Crippen LogP contribution in [-0.4, -0.2) is 35.7 Å². The molecule has 0 fully saturated rings. The van der Waals surface area contributed by atoms with E-state index in [1.807, 2.05) is 11.8 Å². The fourth-order valence-electron chi connectivity index (χ4n) is 3.35. The Balaban J connectivity index is 1.92. The summed E-state index contributed by atoms with van der Waals surface area (Å²) in [6, 6.07) is 9.00. The van der Waals surface area contributed by atoms with Gasteiger partial charge < -0.3 is 10.6 Å². The zero-order valence-electron chi connectivity index (χ0n) is 16.8. The minimum Gasteiger partial charge on any atom is -0.368 e. The number of hydrogen-bond acceptors (Lipinski definition) is 8. The number of nitrogens with two attached hydrogens (primary N) is 1. The van der Waals surface area contributed by atoms with Gasteiger partial charge in [-0.05, 0) is 32.0 Å². The Kier molecular flexibility index (Phi) is 5.27. The van der Waals surface area contributed by atoms with Crippen molar-refractivity contribution in [2.45, 2.75) is 20.4 Å². The maximum Gasteiger partial charge on any atom is 0.285 e. The molecule has 31 heavy (non-hydrogen) atoms. The number of halogens is 1. The van der Waals surface area contributed by atoms with E-state index in [2.05, 4.69) is 26.1 Å². The highest BCUT2D eigenvalue weighted by Gasteiger charge is 2.21. The SMILES string of the molecule is CCN(Cc1nn2ccc(Cl)c2c(=O)n1-c1ccccn1)c1nc(N)nc(C)c1C#N. The Hall–Kier alpha value is -3.97. The van der Waals surface area contributed by atoms with Crippen LogP contribution in [0.15, 0.2) is 41.5 Å². The number of pyridine rings is 1. The summed E-state index contributed by atoms with van der Waals surface area (Å²) in [4.78, 5) is 27.8. The Labute approximate surface area is 182 Å². The second kappa shape index (κ2) is 8.04.